The molecule has 0 saturated carbocycles. The van der Waals surface area contributed by atoms with Crippen molar-refractivity contribution < 1.29 is 14.3 Å². The summed E-state index contributed by atoms with van der Waals surface area (Å²) in [6.07, 6.45) is 0. The standard InChI is InChI=1S/C9H13N3O3S/c1-5(10)8(13)11-3-7-12-6(4-16-7)9(14)15-2/h4-5H,3,10H2,1-2H3,(H,11,13). The van der Waals surface area contributed by atoms with Gasteiger partial charge in [-0.05, 0) is 6.92 Å². The molecule has 0 saturated heterocycles. The van der Waals surface area contributed by atoms with Gasteiger partial charge in [0, 0.05) is 5.38 Å². The molecule has 16 heavy (non-hydrogen) atoms. The number of carbonyl (C=O) groups excluding carboxylic acids is 2. The topological polar surface area (TPSA) is 94.3 Å². The van der Waals surface area contributed by atoms with Gasteiger partial charge < -0.3 is 15.8 Å². The van der Waals surface area contributed by atoms with Gasteiger partial charge in [0.15, 0.2) is 5.69 Å². The maximum absolute atomic E-state index is 11.2. The molecule has 1 amide bonds. The van der Waals surface area contributed by atoms with Crippen LogP contribution in [0, 0.1) is 0 Å². The Morgan fingerprint density at radius 1 is 1.69 bits per heavy atom. The fourth-order valence-corrected chi connectivity index (χ4v) is 1.62. The molecule has 0 aliphatic carbocycles. The number of ether oxygens (including phenoxy) is 1. The van der Waals surface area contributed by atoms with Crippen LogP contribution in [0.15, 0.2) is 5.38 Å². The second kappa shape index (κ2) is 5.57. The molecule has 7 heteroatoms. The van der Waals surface area contributed by atoms with Gasteiger partial charge in [-0.25, -0.2) is 9.78 Å². The number of hydrogen-bond acceptors (Lipinski definition) is 6. The molecule has 0 aromatic carbocycles. The number of esters is 1. The number of amides is 1. The minimum Gasteiger partial charge on any atom is -0.464 e. The van der Waals surface area contributed by atoms with Crippen LogP contribution in [0.1, 0.15) is 22.4 Å². The molecule has 0 spiro atoms. The van der Waals surface area contributed by atoms with E-state index in [1.807, 2.05) is 0 Å². The predicted molar refractivity (Wildman–Crippen MR) is 58.9 cm³/mol. The molecule has 0 bridgehead atoms. The summed E-state index contributed by atoms with van der Waals surface area (Å²) in [6.45, 7) is 1.86. The summed E-state index contributed by atoms with van der Waals surface area (Å²) in [5, 5.41) is 4.82. The largest absolute Gasteiger partial charge is 0.464 e. The smallest absolute Gasteiger partial charge is 0.357 e. The van der Waals surface area contributed by atoms with Crippen LogP contribution in [-0.4, -0.2) is 30.0 Å². The molecular formula is C9H13N3O3S. The van der Waals surface area contributed by atoms with Crippen molar-refractivity contribution in [1.82, 2.24) is 10.3 Å². The lowest BCUT2D eigenvalue weighted by Gasteiger charge is -2.04. The van der Waals surface area contributed by atoms with Gasteiger partial charge in [-0.1, -0.05) is 0 Å². The number of carbonyl (C=O) groups is 2. The number of aromatic nitrogens is 1. The Hall–Kier alpha value is -1.47. The molecule has 1 aromatic heterocycles. The third-order valence-corrected chi connectivity index (χ3v) is 2.62. The molecule has 1 rings (SSSR count). The van der Waals surface area contributed by atoms with Crippen LogP contribution in [0.4, 0.5) is 0 Å². The molecule has 1 aromatic rings. The summed E-state index contributed by atoms with van der Waals surface area (Å²) in [6, 6.07) is -0.556. The van der Waals surface area contributed by atoms with Crippen LogP contribution in [0.3, 0.4) is 0 Å². The van der Waals surface area contributed by atoms with Gasteiger partial charge in [0.25, 0.3) is 0 Å². The molecular weight excluding hydrogens is 230 g/mol. The van der Waals surface area contributed by atoms with E-state index in [9.17, 15) is 9.59 Å². The lowest BCUT2D eigenvalue weighted by Crippen LogP contribution is -2.37. The maximum atomic E-state index is 11.2. The van der Waals surface area contributed by atoms with Gasteiger partial charge in [0.05, 0.1) is 19.7 Å². The van der Waals surface area contributed by atoms with Crippen LogP contribution in [-0.2, 0) is 16.1 Å². The molecule has 3 N–H and O–H groups in total. The van der Waals surface area contributed by atoms with Crippen molar-refractivity contribution >= 4 is 23.2 Å². The molecule has 0 fully saturated rings. The zero-order chi connectivity index (χ0) is 12.1. The summed E-state index contributed by atoms with van der Waals surface area (Å²) in [4.78, 5) is 26.3. The highest BCUT2D eigenvalue weighted by atomic mass is 32.1. The first-order valence-corrected chi connectivity index (χ1v) is 5.48. The van der Waals surface area contributed by atoms with Gasteiger partial charge in [0.2, 0.25) is 5.91 Å². The van der Waals surface area contributed by atoms with E-state index in [2.05, 4.69) is 15.0 Å². The third kappa shape index (κ3) is 3.28. The van der Waals surface area contributed by atoms with E-state index in [4.69, 9.17) is 5.73 Å². The summed E-state index contributed by atoms with van der Waals surface area (Å²) in [7, 11) is 1.29. The number of rotatable bonds is 4. The quantitative estimate of drug-likeness (QED) is 0.720. The maximum Gasteiger partial charge on any atom is 0.357 e. The van der Waals surface area contributed by atoms with E-state index in [1.54, 1.807) is 12.3 Å². The number of thiazole rings is 1. The normalized spacial score (nSPS) is 11.9. The average molecular weight is 243 g/mol. The zero-order valence-corrected chi connectivity index (χ0v) is 9.84. The van der Waals surface area contributed by atoms with E-state index in [0.29, 0.717) is 5.01 Å². The first kappa shape index (κ1) is 12.6. The monoisotopic (exact) mass is 243 g/mol. The Kier molecular flexibility index (Phi) is 4.39. The van der Waals surface area contributed by atoms with Crippen LogP contribution >= 0.6 is 11.3 Å². The van der Waals surface area contributed by atoms with Crippen molar-refractivity contribution in [3.8, 4) is 0 Å². The van der Waals surface area contributed by atoms with Crippen molar-refractivity contribution in [2.24, 2.45) is 5.73 Å². The summed E-state index contributed by atoms with van der Waals surface area (Å²) < 4.78 is 4.51. The lowest BCUT2D eigenvalue weighted by atomic mass is 10.3. The fourth-order valence-electron chi connectivity index (χ4n) is 0.914. The highest BCUT2D eigenvalue weighted by Crippen LogP contribution is 2.10. The van der Waals surface area contributed by atoms with E-state index in [1.165, 1.54) is 18.4 Å². The Bertz CT molecular complexity index is 389. The van der Waals surface area contributed by atoms with Crippen LogP contribution < -0.4 is 11.1 Å². The Morgan fingerprint density at radius 3 is 2.94 bits per heavy atom. The molecule has 0 aliphatic rings. The van der Waals surface area contributed by atoms with E-state index in [0.717, 1.165) is 0 Å². The van der Waals surface area contributed by atoms with Gasteiger partial charge >= 0.3 is 5.97 Å². The number of hydrogen-bond donors (Lipinski definition) is 2. The number of nitrogens with zero attached hydrogens (tertiary/aromatic N) is 1. The average Bonchev–Trinajstić information content (AvgIpc) is 2.73. The summed E-state index contributed by atoms with van der Waals surface area (Å²) in [5.41, 5.74) is 5.62. The first-order chi connectivity index (χ1) is 7.54. The Morgan fingerprint density at radius 2 is 2.38 bits per heavy atom. The number of methoxy groups -OCH3 is 1. The van der Waals surface area contributed by atoms with Gasteiger partial charge in [-0.2, -0.15) is 0 Å². The molecule has 6 nitrogen and oxygen atoms in total. The SMILES string of the molecule is COC(=O)c1csc(CNC(=O)C(C)N)n1. The molecule has 88 valence electrons. The third-order valence-electron chi connectivity index (χ3n) is 1.77. The van der Waals surface area contributed by atoms with Gasteiger partial charge in [-0.15, -0.1) is 11.3 Å². The van der Waals surface area contributed by atoms with Crippen molar-refractivity contribution in [2.75, 3.05) is 7.11 Å². The number of nitrogens with two attached hydrogens (primary N) is 1. The highest BCUT2D eigenvalue weighted by Gasteiger charge is 2.12. The summed E-state index contributed by atoms with van der Waals surface area (Å²) in [5.74, 6) is -0.740. The van der Waals surface area contributed by atoms with Crippen LogP contribution in [0.5, 0.6) is 0 Å². The van der Waals surface area contributed by atoms with Crippen molar-refractivity contribution in [3.05, 3.63) is 16.1 Å². The van der Waals surface area contributed by atoms with E-state index < -0.39 is 12.0 Å². The molecule has 1 atom stereocenters. The number of nitrogens with one attached hydrogen (secondary N) is 1. The fraction of sp³-hybridized carbons (Fsp3) is 0.444. The molecule has 0 radical (unpaired) electrons. The Labute approximate surface area is 96.8 Å². The predicted octanol–water partition coefficient (Wildman–Crippen LogP) is -0.107. The first-order valence-electron chi connectivity index (χ1n) is 4.60. The lowest BCUT2D eigenvalue weighted by molar-refractivity contribution is -0.122. The van der Waals surface area contributed by atoms with Crippen molar-refractivity contribution in [3.63, 3.8) is 0 Å². The minimum atomic E-state index is -0.556. The second-order valence-electron chi connectivity index (χ2n) is 3.12. The van der Waals surface area contributed by atoms with Crippen LogP contribution in [0.2, 0.25) is 0 Å². The van der Waals surface area contributed by atoms with E-state index >= 15 is 0 Å². The van der Waals surface area contributed by atoms with E-state index in [-0.39, 0.29) is 18.1 Å². The molecule has 1 unspecified atom stereocenters. The van der Waals surface area contributed by atoms with Crippen molar-refractivity contribution in [2.45, 2.75) is 19.5 Å². The second-order valence-corrected chi connectivity index (χ2v) is 4.07. The van der Waals surface area contributed by atoms with Gasteiger partial charge in [-0.3, -0.25) is 4.79 Å². The summed E-state index contributed by atoms with van der Waals surface area (Å²) >= 11 is 1.28. The van der Waals surface area contributed by atoms with Gasteiger partial charge in [0.1, 0.15) is 5.01 Å². The molecule has 0 aliphatic heterocycles. The zero-order valence-electron chi connectivity index (χ0n) is 9.02. The molecule has 1 heterocycles. The minimum absolute atomic E-state index is 0.248. The van der Waals surface area contributed by atoms with Crippen molar-refractivity contribution in [1.29, 1.82) is 0 Å². The highest BCUT2D eigenvalue weighted by molar-refractivity contribution is 7.09. The van der Waals surface area contributed by atoms with Crippen LogP contribution in [0.25, 0.3) is 0 Å². The Balaban J connectivity index is 2.53.